The van der Waals surface area contributed by atoms with Gasteiger partial charge in [0, 0.05) is 32.7 Å². The molecule has 0 spiro atoms. The van der Waals surface area contributed by atoms with E-state index >= 15 is 0 Å². The van der Waals surface area contributed by atoms with Gasteiger partial charge in [-0.3, -0.25) is 14.3 Å². The number of piperazine rings is 1. The van der Waals surface area contributed by atoms with Crippen LogP contribution in [-0.2, 0) is 6.54 Å². The molecule has 0 unspecified atom stereocenters. The lowest BCUT2D eigenvalue weighted by Crippen LogP contribution is -2.46. The second-order valence-electron chi connectivity index (χ2n) is 8.39. The maximum Gasteiger partial charge on any atom is 0.309 e. The largest absolute Gasteiger partial charge is 0.494 e. The third-order valence-electron chi connectivity index (χ3n) is 6.29. The van der Waals surface area contributed by atoms with Gasteiger partial charge >= 0.3 is 4.87 Å². The number of anilines is 1. The number of nitrogens with zero attached hydrogens (tertiary/aromatic N) is 3. The van der Waals surface area contributed by atoms with E-state index in [4.69, 9.17) is 4.74 Å². The molecule has 1 saturated heterocycles. The summed E-state index contributed by atoms with van der Waals surface area (Å²) in [6.07, 6.45) is 8.45. The quantitative estimate of drug-likeness (QED) is 0.610. The molecule has 7 heteroatoms. The van der Waals surface area contributed by atoms with Gasteiger partial charge in [0.2, 0.25) is 5.88 Å². The number of aromatic hydroxyl groups is 1. The summed E-state index contributed by atoms with van der Waals surface area (Å²) in [5.74, 6) is 1.14. The number of ether oxygens (including phenoxy) is 1. The fourth-order valence-electron chi connectivity index (χ4n) is 4.53. The monoisotopic (exact) mass is 431 g/mol. The molecule has 2 aliphatic rings. The van der Waals surface area contributed by atoms with E-state index in [-0.39, 0.29) is 10.8 Å². The van der Waals surface area contributed by atoms with Crippen molar-refractivity contribution in [3.05, 3.63) is 39.3 Å². The highest BCUT2D eigenvalue weighted by atomic mass is 32.1. The molecule has 4 rings (SSSR count). The van der Waals surface area contributed by atoms with E-state index in [1.807, 2.05) is 0 Å². The van der Waals surface area contributed by atoms with Gasteiger partial charge in [-0.2, -0.15) is 0 Å². The van der Waals surface area contributed by atoms with E-state index in [0.29, 0.717) is 12.6 Å². The van der Waals surface area contributed by atoms with Crippen LogP contribution in [-0.4, -0.2) is 53.4 Å². The first-order valence-electron chi connectivity index (χ1n) is 11.3. The Balaban J connectivity index is 1.18. The van der Waals surface area contributed by atoms with Crippen molar-refractivity contribution in [2.45, 2.75) is 57.6 Å². The summed E-state index contributed by atoms with van der Waals surface area (Å²) < 4.78 is 7.80. The molecule has 2 fully saturated rings. The van der Waals surface area contributed by atoms with E-state index in [2.05, 4.69) is 34.1 Å². The first kappa shape index (κ1) is 21.2. The minimum absolute atomic E-state index is 0.0687. The van der Waals surface area contributed by atoms with Crippen LogP contribution in [0.5, 0.6) is 11.6 Å². The van der Waals surface area contributed by atoms with Crippen LogP contribution in [0, 0.1) is 0 Å². The summed E-state index contributed by atoms with van der Waals surface area (Å²) >= 11 is 1.06. The molecule has 0 atom stereocenters. The molecule has 0 amide bonds. The Morgan fingerprint density at radius 1 is 1.00 bits per heavy atom. The first-order chi connectivity index (χ1) is 14.7. The summed E-state index contributed by atoms with van der Waals surface area (Å²) in [4.78, 5) is 16.5. The topological polar surface area (TPSA) is 57.9 Å². The van der Waals surface area contributed by atoms with Crippen molar-refractivity contribution in [3.63, 3.8) is 0 Å². The fourth-order valence-corrected chi connectivity index (χ4v) is 5.17. The number of para-hydroxylation sites is 2. The summed E-state index contributed by atoms with van der Waals surface area (Å²) in [5.41, 5.74) is 1.24. The van der Waals surface area contributed by atoms with Crippen LogP contribution in [0.25, 0.3) is 0 Å². The predicted molar refractivity (Wildman–Crippen MR) is 122 cm³/mol. The Hall–Kier alpha value is -1.99. The van der Waals surface area contributed by atoms with Crippen molar-refractivity contribution in [2.75, 3.05) is 37.6 Å². The Morgan fingerprint density at radius 2 is 1.73 bits per heavy atom. The smallest absolute Gasteiger partial charge is 0.309 e. The van der Waals surface area contributed by atoms with Crippen LogP contribution < -0.4 is 14.5 Å². The maximum atomic E-state index is 11.6. The van der Waals surface area contributed by atoms with Crippen LogP contribution in [0.15, 0.2) is 34.4 Å². The van der Waals surface area contributed by atoms with E-state index in [9.17, 15) is 9.90 Å². The zero-order valence-corrected chi connectivity index (χ0v) is 18.5. The van der Waals surface area contributed by atoms with Gasteiger partial charge in [0.25, 0.3) is 0 Å². The van der Waals surface area contributed by atoms with Crippen LogP contribution in [0.2, 0.25) is 0 Å². The molecule has 0 bridgehead atoms. The fraction of sp³-hybridized carbons (Fsp3) is 0.609. The Bertz CT molecular complexity index is 851. The number of benzene rings is 1. The van der Waals surface area contributed by atoms with Gasteiger partial charge < -0.3 is 14.7 Å². The van der Waals surface area contributed by atoms with E-state index in [1.165, 1.54) is 41.3 Å². The van der Waals surface area contributed by atoms with Crippen molar-refractivity contribution in [1.82, 2.24) is 9.47 Å². The number of hydrogen-bond acceptors (Lipinski definition) is 6. The standard InChI is InChI=1S/C23H33N3O3S/c27-22-18-30-23(28)26(22)13-7-1-6-12-24-14-16-25(17-15-24)20-10-4-5-11-21(20)29-19-8-2-3-9-19/h4-5,10-11,18-19,27H,1-3,6-9,12-17H2. The van der Waals surface area contributed by atoms with Gasteiger partial charge in [-0.1, -0.05) is 29.9 Å². The number of thiazole rings is 1. The molecule has 1 aliphatic carbocycles. The molecular weight excluding hydrogens is 398 g/mol. The Labute approximate surface area is 182 Å². The number of aromatic nitrogens is 1. The third-order valence-corrected chi connectivity index (χ3v) is 7.04. The highest BCUT2D eigenvalue weighted by Gasteiger charge is 2.22. The van der Waals surface area contributed by atoms with Crippen molar-refractivity contribution in [1.29, 1.82) is 0 Å². The Kier molecular flexibility index (Phi) is 7.33. The SMILES string of the molecule is O=c1scc(O)n1CCCCCN1CCN(c2ccccc2OC2CCCC2)CC1. The summed E-state index contributed by atoms with van der Waals surface area (Å²) in [6.45, 7) is 5.91. The van der Waals surface area contributed by atoms with Crippen molar-refractivity contribution in [2.24, 2.45) is 0 Å². The average Bonchev–Trinajstić information content (AvgIpc) is 3.39. The van der Waals surface area contributed by atoms with Crippen molar-refractivity contribution < 1.29 is 9.84 Å². The van der Waals surface area contributed by atoms with Crippen LogP contribution in [0.3, 0.4) is 0 Å². The molecule has 1 N–H and O–H groups in total. The summed E-state index contributed by atoms with van der Waals surface area (Å²) in [5, 5.41) is 11.2. The molecule has 1 aliphatic heterocycles. The minimum atomic E-state index is -0.0687. The van der Waals surface area contributed by atoms with Crippen LogP contribution in [0.1, 0.15) is 44.9 Å². The highest BCUT2D eigenvalue weighted by molar-refractivity contribution is 7.07. The molecule has 1 aromatic heterocycles. The van der Waals surface area contributed by atoms with Crippen molar-refractivity contribution in [3.8, 4) is 11.6 Å². The lowest BCUT2D eigenvalue weighted by Gasteiger charge is -2.37. The van der Waals surface area contributed by atoms with E-state index < -0.39 is 0 Å². The van der Waals surface area contributed by atoms with Gasteiger partial charge in [0.05, 0.1) is 17.2 Å². The predicted octanol–water partition coefficient (Wildman–Crippen LogP) is 3.93. The number of hydrogen-bond donors (Lipinski definition) is 1. The van der Waals surface area contributed by atoms with E-state index in [1.54, 1.807) is 0 Å². The summed E-state index contributed by atoms with van der Waals surface area (Å²) in [6, 6.07) is 8.51. The van der Waals surface area contributed by atoms with Crippen LogP contribution in [0.4, 0.5) is 5.69 Å². The second-order valence-corrected chi connectivity index (χ2v) is 9.21. The average molecular weight is 432 g/mol. The van der Waals surface area contributed by atoms with Crippen LogP contribution >= 0.6 is 11.3 Å². The van der Waals surface area contributed by atoms with Gasteiger partial charge in [0.15, 0.2) is 0 Å². The molecule has 1 aromatic carbocycles. The lowest BCUT2D eigenvalue weighted by molar-refractivity contribution is 0.208. The molecule has 2 heterocycles. The molecule has 0 radical (unpaired) electrons. The van der Waals surface area contributed by atoms with Crippen molar-refractivity contribution >= 4 is 17.0 Å². The molecule has 30 heavy (non-hydrogen) atoms. The Morgan fingerprint density at radius 3 is 2.47 bits per heavy atom. The number of unbranched alkanes of at least 4 members (excludes halogenated alkanes) is 2. The molecule has 2 aromatic rings. The lowest BCUT2D eigenvalue weighted by atomic mass is 10.2. The van der Waals surface area contributed by atoms with Gasteiger partial charge in [-0.05, 0) is 57.2 Å². The highest BCUT2D eigenvalue weighted by Crippen LogP contribution is 2.32. The molecule has 6 nitrogen and oxygen atoms in total. The zero-order chi connectivity index (χ0) is 20.8. The number of rotatable bonds is 9. The van der Waals surface area contributed by atoms with Gasteiger partial charge in [0.1, 0.15) is 5.75 Å². The molecule has 164 valence electrons. The zero-order valence-electron chi connectivity index (χ0n) is 17.7. The normalized spacial score (nSPS) is 18.2. The first-order valence-corrected chi connectivity index (χ1v) is 12.2. The molecular formula is C23H33N3O3S. The second kappa shape index (κ2) is 10.4. The van der Waals surface area contributed by atoms with E-state index in [0.717, 1.165) is 69.1 Å². The summed E-state index contributed by atoms with van der Waals surface area (Å²) in [7, 11) is 0. The molecule has 1 saturated carbocycles. The third kappa shape index (κ3) is 5.38. The van der Waals surface area contributed by atoms with Gasteiger partial charge in [-0.15, -0.1) is 0 Å². The van der Waals surface area contributed by atoms with Gasteiger partial charge in [-0.25, -0.2) is 0 Å². The minimum Gasteiger partial charge on any atom is -0.494 e. The maximum absolute atomic E-state index is 11.6.